The van der Waals surface area contributed by atoms with Crippen molar-refractivity contribution in [1.82, 2.24) is 15.3 Å². The molecule has 0 amide bonds. The fourth-order valence-electron chi connectivity index (χ4n) is 1.63. The first-order valence-corrected chi connectivity index (χ1v) is 5.99. The molecule has 0 spiro atoms. The Bertz CT molecular complexity index is 468. The van der Waals surface area contributed by atoms with Gasteiger partial charge >= 0.3 is 0 Å². The van der Waals surface area contributed by atoms with Crippen LogP contribution < -0.4 is 5.32 Å². The number of aromatic amines is 1. The van der Waals surface area contributed by atoms with Crippen LogP contribution in [0.15, 0.2) is 30.5 Å². The highest BCUT2D eigenvalue weighted by atomic mass is 15.0. The smallest absolute Gasteiger partial charge is 0.120 e. The number of aromatic nitrogens is 2. The number of H-pyrrole nitrogens is 1. The minimum atomic E-state index is 0.475. The van der Waals surface area contributed by atoms with E-state index in [4.69, 9.17) is 0 Å². The lowest BCUT2D eigenvalue weighted by Crippen LogP contribution is -2.22. The van der Waals surface area contributed by atoms with Gasteiger partial charge in [-0.25, -0.2) is 4.98 Å². The maximum absolute atomic E-state index is 4.37. The van der Waals surface area contributed by atoms with E-state index in [1.807, 2.05) is 6.20 Å². The lowest BCUT2D eigenvalue weighted by atomic mass is 10.1. The number of aryl methyl sites for hydroxylation is 1. The summed E-state index contributed by atoms with van der Waals surface area (Å²) in [6.07, 6.45) is 1.89. The zero-order valence-electron chi connectivity index (χ0n) is 10.6. The topological polar surface area (TPSA) is 40.7 Å². The Labute approximate surface area is 102 Å². The Balaban J connectivity index is 2.10. The fraction of sp³-hybridized carbons (Fsp3) is 0.357. The molecule has 1 heterocycles. The molecule has 17 heavy (non-hydrogen) atoms. The monoisotopic (exact) mass is 229 g/mol. The van der Waals surface area contributed by atoms with Crippen molar-refractivity contribution in [1.29, 1.82) is 0 Å². The van der Waals surface area contributed by atoms with Gasteiger partial charge in [0.1, 0.15) is 5.82 Å². The van der Waals surface area contributed by atoms with Crippen LogP contribution in [0.1, 0.15) is 25.2 Å². The number of hydrogen-bond donors (Lipinski definition) is 2. The zero-order chi connectivity index (χ0) is 12.3. The van der Waals surface area contributed by atoms with Gasteiger partial charge in [-0.1, -0.05) is 43.7 Å². The Morgan fingerprint density at radius 2 is 1.94 bits per heavy atom. The van der Waals surface area contributed by atoms with Crippen molar-refractivity contribution in [2.75, 3.05) is 0 Å². The third-order valence-electron chi connectivity index (χ3n) is 2.67. The summed E-state index contributed by atoms with van der Waals surface area (Å²) in [6.45, 7) is 7.13. The van der Waals surface area contributed by atoms with Crippen LogP contribution in [0.5, 0.6) is 0 Å². The minimum absolute atomic E-state index is 0.475. The van der Waals surface area contributed by atoms with E-state index >= 15 is 0 Å². The predicted octanol–water partition coefficient (Wildman–Crippen LogP) is 2.88. The summed E-state index contributed by atoms with van der Waals surface area (Å²) in [4.78, 5) is 7.70. The summed E-state index contributed by atoms with van der Waals surface area (Å²) in [6, 6.07) is 8.93. The second kappa shape index (κ2) is 5.15. The van der Waals surface area contributed by atoms with Crippen LogP contribution in [-0.4, -0.2) is 16.0 Å². The van der Waals surface area contributed by atoms with Gasteiger partial charge < -0.3 is 10.3 Å². The van der Waals surface area contributed by atoms with Gasteiger partial charge in [0.2, 0.25) is 0 Å². The summed E-state index contributed by atoms with van der Waals surface area (Å²) in [5.41, 5.74) is 3.53. The SMILES string of the molecule is Cc1ccc(-c2cnc(CNC(C)C)[nH]2)cc1. The van der Waals surface area contributed by atoms with Crippen LogP contribution in [0.3, 0.4) is 0 Å². The standard InChI is InChI=1S/C14H19N3/c1-10(2)15-9-14-16-8-13(17-14)12-6-4-11(3)5-7-12/h4-8,10,15H,9H2,1-3H3,(H,16,17). The second-order valence-corrected chi connectivity index (χ2v) is 4.65. The van der Waals surface area contributed by atoms with Crippen molar-refractivity contribution >= 4 is 0 Å². The Morgan fingerprint density at radius 1 is 1.24 bits per heavy atom. The molecule has 0 bridgehead atoms. The molecule has 3 nitrogen and oxygen atoms in total. The molecule has 0 aliphatic heterocycles. The van der Waals surface area contributed by atoms with E-state index in [0.29, 0.717) is 6.04 Å². The third kappa shape index (κ3) is 3.17. The molecule has 0 atom stereocenters. The van der Waals surface area contributed by atoms with Gasteiger partial charge in [-0.3, -0.25) is 0 Å². The molecule has 0 radical (unpaired) electrons. The molecule has 2 aromatic rings. The molecule has 0 saturated heterocycles. The average molecular weight is 229 g/mol. The van der Waals surface area contributed by atoms with E-state index in [-0.39, 0.29) is 0 Å². The van der Waals surface area contributed by atoms with Crippen molar-refractivity contribution in [3.8, 4) is 11.3 Å². The molecule has 0 aliphatic carbocycles. The quantitative estimate of drug-likeness (QED) is 0.846. The van der Waals surface area contributed by atoms with Crippen molar-refractivity contribution in [3.05, 3.63) is 41.9 Å². The van der Waals surface area contributed by atoms with Crippen molar-refractivity contribution in [3.63, 3.8) is 0 Å². The first-order valence-electron chi connectivity index (χ1n) is 5.99. The van der Waals surface area contributed by atoms with E-state index in [1.54, 1.807) is 0 Å². The molecular formula is C14H19N3. The third-order valence-corrected chi connectivity index (χ3v) is 2.67. The van der Waals surface area contributed by atoms with E-state index in [9.17, 15) is 0 Å². The second-order valence-electron chi connectivity index (χ2n) is 4.65. The maximum atomic E-state index is 4.37. The molecule has 0 aliphatic rings. The number of nitrogens with zero attached hydrogens (tertiary/aromatic N) is 1. The molecule has 90 valence electrons. The first kappa shape index (κ1) is 11.9. The van der Waals surface area contributed by atoms with Crippen molar-refractivity contribution in [2.45, 2.75) is 33.4 Å². The van der Waals surface area contributed by atoms with Crippen LogP contribution in [0.25, 0.3) is 11.3 Å². The summed E-state index contributed by atoms with van der Waals surface area (Å²) >= 11 is 0. The van der Waals surface area contributed by atoms with E-state index in [2.05, 4.69) is 60.3 Å². The Kier molecular flexibility index (Phi) is 3.59. The van der Waals surface area contributed by atoms with Gasteiger partial charge in [0.25, 0.3) is 0 Å². The highest BCUT2D eigenvalue weighted by Gasteiger charge is 2.03. The molecular weight excluding hydrogens is 210 g/mol. The van der Waals surface area contributed by atoms with Gasteiger partial charge in [0.15, 0.2) is 0 Å². The van der Waals surface area contributed by atoms with E-state index in [0.717, 1.165) is 18.1 Å². The van der Waals surface area contributed by atoms with Gasteiger partial charge in [-0.15, -0.1) is 0 Å². The van der Waals surface area contributed by atoms with Gasteiger partial charge in [-0.05, 0) is 12.5 Å². The van der Waals surface area contributed by atoms with Crippen molar-refractivity contribution < 1.29 is 0 Å². The lowest BCUT2D eigenvalue weighted by Gasteiger charge is -2.05. The highest BCUT2D eigenvalue weighted by Crippen LogP contribution is 2.17. The van der Waals surface area contributed by atoms with Crippen LogP contribution in [-0.2, 0) is 6.54 Å². The molecule has 1 aromatic carbocycles. The highest BCUT2D eigenvalue weighted by molar-refractivity contribution is 5.58. The number of rotatable bonds is 4. The lowest BCUT2D eigenvalue weighted by molar-refractivity contribution is 0.575. The Hall–Kier alpha value is -1.61. The maximum Gasteiger partial charge on any atom is 0.120 e. The van der Waals surface area contributed by atoms with E-state index < -0.39 is 0 Å². The number of nitrogens with one attached hydrogen (secondary N) is 2. The summed E-state index contributed by atoms with van der Waals surface area (Å²) < 4.78 is 0. The summed E-state index contributed by atoms with van der Waals surface area (Å²) in [5, 5.41) is 3.34. The fourth-order valence-corrected chi connectivity index (χ4v) is 1.63. The normalized spacial score (nSPS) is 11.1. The van der Waals surface area contributed by atoms with Crippen LogP contribution in [0.4, 0.5) is 0 Å². The molecule has 1 aromatic heterocycles. The molecule has 3 heteroatoms. The van der Waals surface area contributed by atoms with Crippen LogP contribution in [0, 0.1) is 6.92 Å². The molecule has 0 saturated carbocycles. The number of imidazole rings is 1. The van der Waals surface area contributed by atoms with Crippen molar-refractivity contribution in [2.24, 2.45) is 0 Å². The first-order chi connectivity index (χ1) is 8.15. The van der Waals surface area contributed by atoms with Gasteiger partial charge in [0, 0.05) is 6.04 Å². The molecule has 2 N–H and O–H groups in total. The molecule has 0 fully saturated rings. The predicted molar refractivity (Wildman–Crippen MR) is 70.7 cm³/mol. The Morgan fingerprint density at radius 3 is 2.59 bits per heavy atom. The number of hydrogen-bond acceptors (Lipinski definition) is 2. The number of benzene rings is 1. The van der Waals surface area contributed by atoms with E-state index in [1.165, 1.54) is 11.1 Å². The average Bonchev–Trinajstić information content (AvgIpc) is 2.76. The minimum Gasteiger partial charge on any atom is -0.341 e. The molecule has 2 rings (SSSR count). The van der Waals surface area contributed by atoms with Crippen LogP contribution >= 0.6 is 0 Å². The van der Waals surface area contributed by atoms with Gasteiger partial charge in [-0.2, -0.15) is 0 Å². The van der Waals surface area contributed by atoms with Crippen LogP contribution in [0.2, 0.25) is 0 Å². The zero-order valence-corrected chi connectivity index (χ0v) is 10.6. The summed E-state index contributed by atoms with van der Waals surface area (Å²) in [7, 11) is 0. The summed E-state index contributed by atoms with van der Waals surface area (Å²) in [5.74, 6) is 0.981. The van der Waals surface area contributed by atoms with Gasteiger partial charge in [0.05, 0.1) is 18.4 Å². The molecule has 0 unspecified atom stereocenters. The largest absolute Gasteiger partial charge is 0.341 e.